The lowest BCUT2D eigenvalue weighted by molar-refractivity contribution is 0.307. The van der Waals surface area contributed by atoms with E-state index in [2.05, 4.69) is 4.98 Å². The predicted octanol–water partition coefficient (Wildman–Crippen LogP) is 3.93. The number of pyridine rings is 1. The van der Waals surface area contributed by atoms with Gasteiger partial charge in [-0.2, -0.15) is 0 Å². The number of rotatable bonds is 4. The zero-order chi connectivity index (χ0) is 14.7. The van der Waals surface area contributed by atoms with Crippen LogP contribution in [0.15, 0.2) is 54.7 Å². The Hall–Kier alpha value is -2.10. The Bertz CT molecular complexity index is 774. The van der Waals surface area contributed by atoms with Gasteiger partial charge in [0.1, 0.15) is 12.4 Å². The van der Waals surface area contributed by atoms with Gasteiger partial charge in [-0.15, -0.1) is 0 Å². The summed E-state index contributed by atoms with van der Waals surface area (Å²) in [7, 11) is 0. The van der Waals surface area contributed by atoms with Gasteiger partial charge in [0.05, 0.1) is 5.52 Å². The first-order chi connectivity index (χ1) is 10.3. The van der Waals surface area contributed by atoms with Crippen LogP contribution in [0.5, 0.6) is 5.75 Å². The maximum absolute atomic E-state index is 6.17. The van der Waals surface area contributed by atoms with Gasteiger partial charge in [0.25, 0.3) is 0 Å². The number of hydrogen-bond donors (Lipinski definition) is 1. The summed E-state index contributed by atoms with van der Waals surface area (Å²) >= 11 is 6.17. The molecule has 2 aromatic carbocycles. The van der Waals surface area contributed by atoms with E-state index in [0.29, 0.717) is 18.2 Å². The summed E-state index contributed by atoms with van der Waals surface area (Å²) in [5, 5.41) is 1.66. The Morgan fingerprint density at radius 3 is 2.57 bits per heavy atom. The van der Waals surface area contributed by atoms with Crippen molar-refractivity contribution >= 4 is 22.5 Å². The molecule has 3 rings (SSSR count). The van der Waals surface area contributed by atoms with Crippen LogP contribution in [0.4, 0.5) is 0 Å². The van der Waals surface area contributed by atoms with E-state index in [9.17, 15) is 0 Å². The smallest absolute Gasteiger partial charge is 0.135 e. The molecule has 0 spiro atoms. The molecule has 1 aromatic heterocycles. The summed E-state index contributed by atoms with van der Waals surface area (Å²) in [6.45, 7) is 0.788. The highest BCUT2D eigenvalue weighted by molar-refractivity contribution is 6.31. The lowest BCUT2D eigenvalue weighted by atomic mass is 10.1. The number of aromatic nitrogens is 1. The number of fused-ring (bicyclic) bond motifs is 1. The Kier molecular flexibility index (Phi) is 4.04. The molecule has 0 saturated heterocycles. The van der Waals surface area contributed by atoms with Crippen LogP contribution < -0.4 is 10.5 Å². The number of hydrogen-bond acceptors (Lipinski definition) is 3. The minimum atomic E-state index is 0.385. The van der Waals surface area contributed by atoms with Crippen LogP contribution in [0.3, 0.4) is 0 Å². The SMILES string of the molecule is NCc1cnc2ccccc2c1OCc1ccccc1Cl. The normalized spacial score (nSPS) is 10.8. The number of nitrogens with zero attached hydrogens (tertiary/aromatic N) is 1. The first-order valence-corrected chi connectivity index (χ1v) is 7.10. The highest BCUT2D eigenvalue weighted by Crippen LogP contribution is 2.29. The van der Waals surface area contributed by atoms with Crippen LogP contribution in [0.1, 0.15) is 11.1 Å². The van der Waals surface area contributed by atoms with Gasteiger partial charge in [0.15, 0.2) is 0 Å². The van der Waals surface area contributed by atoms with Crippen molar-refractivity contribution in [2.75, 3.05) is 0 Å². The number of ether oxygens (including phenoxy) is 1. The number of benzene rings is 2. The van der Waals surface area contributed by atoms with E-state index in [1.54, 1.807) is 6.20 Å². The summed E-state index contributed by atoms with van der Waals surface area (Å²) in [6, 6.07) is 15.5. The Labute approximate surface area is 128 Å². The van der Waals surface area contributed by atoms with Crippen molar-refractivity contribution in [3.63, 3.8) is 0 Å². The molecule has 106 valence electrons. The molecule has 3 aromatic rings. The van der Waals surface area contributed by atoms with E-state index in [-0.39, 0.29) is 0 Å². The molecule has 0 unspecified atom stereocenters. The first-order valence-electron chi connectivity index (χ1n) is 6.72. The predicted molar refractivity (Wildman–Crippen MR) is 85.4 cm³/mol. The third kappa shape index (κ3) is 2.84. The van der Waals surface area contributed by atoms with Gasteiger partial charge in [0.2, 0.25) is 0 Å². The highest BCUT2D eigenvalue weighted by Gasteiger charge is 2.10. The molecule has 0 atom stereocenters. The minimum Gasteiger partial charge on any atom is -0.488 e. The Morgan fingerprint density at radius 1 is 1.00 bits per heavy atom. The van der Waals surface area contributed by atoms with Gasteiger partial charge in [-0.25, -0.2) is 0 Å². The number of nitrogens with two attached hydrogens (primary N) is 1. The standard InChI is InChI=1S/C17H15ClN2O/c18-15-7-3-1-5-12(15)11-21-17-13(9-19)10-20-16-8-4-2-6-14(16)17/h1-8,10H,9,11,19H2. The average Bonchev–Trinajstić information content (AvgIpc) is 2.53. The van der Waals surface area contributed by atoms with Gasteiger partial charge in [-0.3, -0.25) is 4.98 Å². The molecule has 0 aliphatic rings. The molecular formula is C17H15ClN2O. The third-order valence-corrected chi connectivity index (χ3v) is 3.72. The molecule has 3 nitrogen and oxygen atoms in total. The second kappa shape index (κ2) is 6.12. The summed E-state index contributed by atoms with van der Waals surface area (Å²) in [5.41, 5.74) is 8.52. The molecule has 0 aliphatic carbocycles. The Balaban J connectivity index is 1.97. The molecule has 0 radical (unpaired) electrons. The van der Waals surface area contributed by atoms with Crippen molar-refractivity contribution in [1.82, 2.24) is 4.98 Å². The van der Waals surface area contributed by atoms with E-state index in [4.69, 9.17) is 22.1 Å². The summed E-state index contributed by atoms with van der Waals surface area (Å²) < 4.78 is 6.00. The van der Waals surface area contributed by atoms with Crippen LogP contribution in [-0.2, 0) is 13.2 Å². The van der Waals surface area contributed by atoms with Crippen molar-refractivity contribution in [1.29, 1.82) is 0 Å². The zero-order valence-corrected chi connectivity index (χ0v) is 12.2. The average molecular weight is 299 g/mol. The molecule has 0 bridgehead atoms. The van der Waals surface area contributed by atoms with E-state index < -0.39 is 0 Å². The monoisotopic (exact) mass is 298 g/mol. The van der Waals surface area contributed by atoms with Gasteiger partial charge in [0, 0.05) is 34.3 Å². The fraction of sp³-hybridized carbons (Fsp3) is 0.118. The van der Waals surface area contributed by atoms with E-state index in [1.165, 1.54) is 0 Å². The number of halogens is 1. The van der Waals surface area contributed by atoms with Crippen LogP contribution in [0.25, 0.3) is 10.9 Å². The molecule has 4 heteroatoms. The maximum atomic E-state index is 6.17. The van der Waals surface area contributed by atoms with Crippen molar-refractivity contribution in [2.45, 2.75) is 13.2 Å². The van der Waals surface area contributed by atoms with Crippen LogP contribution in [0, 0.1) is 0 Å². The molecule has 2 N–H and O–H groups in total. The van der Waals surface area contributed by atoms with Gasteiger partial charge in [-0.05, 0) is 18.2 Å². The largest absolute Gasteiger partial charge is 0.488 e. The lowest BCUT2D eigenvalue weighted by Gasteiger charge is -2.13. The van der Waals surface area contributed by atoms with Gasteiger partial charge < -0.3 is 10.5 Å². The van der Waals surface area contributed by atoms with E-state index in [1.807, 2.05) is 48.5 Å². The quantitative estimate of drug-likeness (QED) is 0.794. The minimum absolute atomic E-state index is 0.385. The maximum Gasteiger partial charge on any atom is 0.135 e. The fourth-order valence-electron chi connectivity index (χ4n) is 2.24. The molecule has 0 fully saturated rings. The van der Waals surface area contributed by atoms with Crippen molar-refractivity contribution in [3.05, 3.63) is 70.9 Å². The van der Waals surface area contributed by atoms with Gasteiger partial charge >= 0.3 is 0 Å². The van der Waals surface area contributed by atoms with Crippen molar-refractivity contribution in [3.8, 4) is 5.75 Å². The second-order valence-corrected chi connectivity index (χ2v) is 5.12. The van der Waals surface area contributed by atoms with Crippen molar-refractivity contribution in [2.24, 2.45) is 5.73 Å². The van der Waals surface area contributed by atoms with Crippen LogP contribution >= 0.6 is 11.6 Å². The zero-order valence-electron chi connectivity index (χ0n) is 11.4. The molecular weight excluding hydrogens is 284 g/mol. The first kappa shape index (κ1) is 13.9. The van der Waals surface area contributed by atoms with Crippen LogP contribution in [-0.4, -0.2) is 4.98 Å². The highest BCUT2D eigenvalue weighted by atomic mass is 35.5. The van der Waals surface area contributed by atoms with Crippen LogP contribution in [0.2, 0.25) is 5.02 Å². The third-order valence-electron chi connectivity index (χ3n) is 3.35. The molecule has 0 aliphatic heterocycles. The van der Waals surface area contributed by atoms with Crippen molar-refractivity contribution < 1.29 is 4.74 Å². The fourth-order valence-corrected chi connectivity index (χ4v) is 2.43. The molecule has 0 amide bonds. The van der Waals surface area contributed by atoms with Gasteiger partial charge in [-0.1, -0.05) is 41.9 Å². The second-order valence-electron chi connectivity index (χ2n) is 4.71. The molecule has 0 saturated carbocycles. The molecule has 21 heavy (non-hydrogen) atoms. The topological polar surface area (TPSA) is 48.1 Å². The lowest BCUT2D eigenvalue weighted by Crippen LogP contribution is -2.04. The van der Waals surface area contributed by atoms with E-state index >= 15 is 0 Å². The summed E-state index contributed by atoms with van der Waals surface area (Å²) in [5.74, 6) is 0.781. The number of para-hydroxylation sites is 1. The Morgan fingerprint density at radius 2 is 1.76 bits per heavy atom. The summed E-state index contributed by atoms with van der Waals surface area (Å²) in [6.07, 6.45) is 1.77. The molecule has 1 heterocycles. The van der Waals surface area contributed by atoms with E-state index in [0.717, 1.165) is 27.8 Å². The summed E-state index contributed by atoms with van der Waals surface area (Å²) in [4.78, 5) is 4.40.